The first kappa shape index (κ1) is 18.9. The van der Waals surface area contributed by atoms with E-state index in [0.717, 1.165) is 28.8 Å². The summed E-state index contributed by atoms with van der Waals surface area (Å²) in [7, 11) is 0. The molecule has 2 aromatic carbocycles. The Hall–Kier alpha value is -1.43. The molecule has 0 atom stereocenters. The molecule has 0 spiro atoms. The third-order valence-electron chi connectivity index (χ3n) is 2.95. The molecule has 0 fully saturated rings. The van der Waals surface area contributed by atoms with Gasteiger partial charge in [-0.15, -0.1) is 11.8 Å². The van der Waals surface area contributed by atoms with Crippen molar-refractivity contribution in [2.24, 2.45) is 0 Å². The van der Waals surface area contributed by atoms with Crippen molar-refractivity contribution < 1.29 is 4.74 Å². The molecule has 0 amide bonds. The van der Waals surface area contributed by atoms with Gasteiger partial charge in [0, 0.05) is 27.9 Å². The molecule has 0 radical (unpaired) electrons. The number of hydrogen-bond donors (Lipinski definition) is 2. The van der Waals surface area contributed by atoms with E-state index < -0.39 is 0 Å². The van der Waals surface area contributed by atoms with Gasteiger partial charge in [-0.25, -0.2) is 0 Å². The van der Waals surface area contributed by atoms with Crippen LogP contribution in [0, 0.1) is 0 Å². The van der Waals surface area contributed by atoms with Crippen molar-refractivity contribution in [1.82, 2.24) is 5.32 Å². The minimum absolute atomic E-state index is 0.171. The molecule has 24 heavy (non-hydrogen) atoms. The van der Waals surface area contributed by atoms with Gasteiger partial charge in [0.15, 0.2) is 5.11 Å². The molecule has 0 aliphatic heterocycles. The average Bonchev–Trinajstić information content (AvgIpc) is 2.55. The monoisotopic (exact) mass is 380 g/mol. The molecule has 0 bridgehead atoms. The number of halogens is 1. The normalized spacial score (nSPS) is 10.5. The number of hydrogen-bond acceptors (Lipinski definition) is 3. The highest BCUT2D eigenvalue weighted by atomic mass is 35.5. The fraction of sp³-hybridized carbons (Fsp3) is 0.278. The maximum atomic E-state index is 5.87. The van der Waals surface area contributed by atoms with Crippen LogP contribution in [0.5, 0.6) is 5.75 Å². The van der Waals surface area contributed by atoms with Crippen LogP contribution in [0.15, 0.2) is 53.4 Å². The summed E-state index contributed by atoms with van der Waals surface area (Å²) in [6, 6.07) is 15.6. The van der Waals surface area contributed by atoms with Crippen LogP contribution >= 0.6 is 35.6 Å². The van der Waals surface area contributed by atoms with Gasteiger partial charge in [0.05, 0.1) is 6.10 Å². The third kappa shape index (κ3) is 6.99. The minimum atomic E-state index is 0.171. The molecule has 6 heteroatoms. The number of anilines is 1. The summed E-state index contributed by atoms with van der Waals surface area (Å²) in [5.74, 6) is 1.78. The first-order chi connectivity index (χ1) is 11.5. The molecule has 0 aliphatic carbocycles. The van der Waals surface area contributed by atoms with Crippen LogP contribution in [0.3, 0.4) is 0 Å². The number of ether oxygens (including phenoxy) is 1. The zero-order valence-corrected chi connectivity index (χ0v) is 16.1. The fourth-order valence-corrected chi connectivity index (χ4v) is 3.04. The summed E-state index contributed by atoms with van der Waals surface area (Å²) in [5.41, 5.74) is 0.939. The van der Waals surface area contributed by atoms with Crippen LogP contribution in [0.1, 0.15) is 13.8 Å². The van der Waals surface area contributed by atoms with Gasteiger partial charge in [-0.2, -0.15) is 0 Å². The standard InChI is InChI=1S/C18H21ClN2OS2/c1-13(2)22-16-7-5-15(6-8-16)21-18(23)20-11-12-24-17-9-3-14(19)4-10-17/h3-10,13H,11-12H2,1-2H3,(H2,20,21,23). The van der Waals surface area contributed by atoms with Crippen LogP contribution in [-0.2, 0) is 0 Å². The Morgan fingerprint density at radius 3 is 2.42 bits per heavy atom. The maximum absolute atomic E-state index is 5.87. The van der Waals surface area contributed by atoms with Crippen LogP contribution in [0.25, 0.3) is 0 Å². The first-order valence-electron chi connectivity index (χ1n) is 7.73. The smallest absolute Gasteiger partial charge is 0.170 e. The van der Waals surface area contributed by atoms with Crippen molar-refractivity contribution in [3.63, 3.8) is 0 Å². The topological polar surface area (TPSA) is 33.3 Å². The number of nitrogens with one attached hydrogen (secondary N) is 2. The van der Waals surface area contributed by atoms with Gasteiger partial charge in [-0.05, 0) is 74.6 Å². The van der Waals surface area contributed by atoms with Crippen molar-refractivity contribution in [1.29, 1.82) is 0 Å². The van der Waals surface area contributed by atoms with Crippen LogP contribution in [-0.4, -0.2) is 23.5 Å². The van der Waals surface area contributed by atoms with Crippen molar-refractivity contribution in [3.05, 3.63) is 53.6 Å². The second-order valence-corrected chi connectivity index (χ2v) is 7.39. The number of thioether (sulfide) groups is 1. The van der Waals surface area contributed by atoms with Crippen LogP contribution in [0.2, 0.25) is 5.02 Å². The summed E-state index contributed by atoms with van der Waals surface area (Å²) in [6.07, 6.45) is 0.171. The van der Waals surface area contributed by atoms with E-state index in [-0.39, 0.29) is 6.10 Å². The molecule has 0 heterocycles. The van der Waals surface area contributed by atoms with E-state index in [0.29, 0.717) is 5.11 Å². The van der Waals surface area contributed by atoms with Gasteiger partial charge < -0.3 is 15.4 Å². The van der Waals surface area contributed by atoms with E-state index in [2.05, 4.69) is 10.6 Å². The van der Waals surface area contributed by atoms with E-state index in [1.54, 1.807) is 11.8 Å². The van der Waals surface area contributed by atoms with E-state index in [1.165, 1.54) is 4.90 Å². The summed E-state index contributed by atoms with van der Waals surface area (Å²) < 4.78 is 5.62. The largest absolute Gasteiger partial charge is 0.491 e. The highest BCUT2D eigenvalue weighted by Crippen LogP contribution is 2.20. The Morgan fingerprint density at radius 1 is 1.12 bits per heavy atom. The lowest BCUT2D eigenvalue weighted by Crippen LogP contribution is -2.30. The van der Waals surface area contributed by atoms with Crippen molar-refractivity contribution >= 4 is 46.4 Å². The van der Waals surface area contributed by atoms with E-state index in [9.17, 15) is 0 Å². The molecule has 0 saturated heterocycles. The molecule has 2 aromatic rings. The fourth-order valence-electron chi connectivity index (χ4n) is 1.93. The van der Waals surface area contributed by atoms with Gasteiger partial charge in [0.1, 0.15) is 5.75 Å². The van der Waals surface area contributed by atoms with E-state index in [1.807, 2.05) is 62.4 Å². The van der Waals surface area contributed by atoms with Gasteiger partial charge >= 0.3 is 0 Å². The highest BCUT2D eigenvalue weighted by molar-refractivity contribution is 7.99. The van der Waals surface area contributed by atoms with Crippen LogP contribution < -0.4 is 15.4 Å². The predicted molar refractivity (Wildman–Crippen MR) is 109 cm³/mol. The molecule has 2 N–H and O–H groups in total. The van der Waals surface area contributed by atoms with E-state index in [4.69, 9.17) is 28.6 Å². The minimum Gasteiger partial charge on any atom is -0.491 e. The third-order valence-corrected chi connectivity index (χ3v) is 4.47. The lowest BCUT2D eigenvalue weighted by atomic mass is 10.3. The van der Waals surface area contributed by atoms with Crippen LogP contribution in [0.4, 0.5) is 5.69 Å². The van der Waals surface area contributed by atoms with E-state index >= 15 is 0 Å². The predicted octanol–water partition coefficient (Wildman–Crippen LogP) is 5.21. The Morgan fingerprint density at radius 2 is 1.79 bits per heavy atom. The first-order valence-corrected chi connectivity index (χ1v) is 9.50. The number of rotatable bonds is 7. The molecule has 2 rings (SSSR count). The number of thiocarbonyl (C=S) groups is 1. The highest BCUT2D eigenvalue weighted by Gasteiger charge is 2.01. The molecule has 0 unspecified atom stereocenters. The molecule has 128 valence electrons. The summed E-state index contributed by atoms with van der Waals surface area (Å²) >= 11 is 12.9. The SMILES string of the molecule is CC(C)Oc1ccc(NC(=S)NCCSc2ccc(Cl)cc2)cc1. The second-order valence-electron chi connectivity index (χ2n) is 5.37. The van der Waals surface area contributed by atoms with Gasteiger partial charge in [0.2, 0.25) is 0 Å². The summed E-state index contributed by atoms with van der Waals surface area (Å²) in [5, 5.41) is 7.74. The lowest BCUT2D eigenvalue weighted by molar-refractivity contribution is 0.242. The zero-order valence-electron chi connectivity index (χ0n) is 13.7. The summed E-state index contributed by atoms with van der Waals surface area (Å²) in [6.45, 7) is 4.80. The van der Waals surface area contributed by atoms with Gasteiger partial charge in [-0.1, -0.05) is 11.6 Å². The Bertz CT molecular complexity index is 645. The molecule has 0 saturated carbocycles. The Labute approximate surface area is 158 Å². The Kier molecular flexibility index (Phi) is 7.69. The van der Waals surface area contributed by atoms with Crippen molar-refractivity contribution in [2.45, 2.75) is 24.8 Å². The molecule has 3 nitrogen and oxygen atoms in total. The van der Waals surface area contributed by atoms with Crippen molar-refractivity contribution in [3.8, 4) is 5.75 Å². The van der Waals surface area contributed by atoms with Crippen molar-refractivity contribution in [2.75, 3.05) is 17.6 Å². The maximum Gasteiger partial charge on any atom is 0.170 e. The summed E-state index contributed by atoms with van der Waals surface area (Å²) in [4.78, 5) is 1.20. The van der Waals surface area contributed by atoms with Gasteiger partial charge in [-0.3, -0.25) is 0 Å². The zero-order chi connectivity index (χ0) is 17.4. The molecular formula is C18H21ClN2OS2. The number of benzene rings is 2. The molecule has 0 aliphatic rings. The van der Waals surface area contributed by atoms with Gasteiger partial charge in [0.25, 0.3) is 0 Å². The molecule has 0 aromatic heterocycles. The Balaban J connectivity index is 1.68. The average molecular weight is 381 g/mol. The molecular weight excluding hydrogens is 360 g/mol. The second kappa shape index (κ2) is 9.77. The quantitative estimate of drug-likeness (QED) is 0.391. The lowest BCUT2D eigenvalue weighted by Gasteiger charge is -2.12.